The summed E-state index contributed by atoms with van der Waals surface area (Å²) in [5, 5.41) is 0.442. The Balaban J connectivity index is 1.77. The lowest BCUT2D eigenvalue weighted by molar-refractivity contribution is 0.0525. The zero-order chi connectivity index (χ0) is 20.9. The number of nitrogens with zero attached hydrogens (tertiary/aromatic N) is 1. The molecule has 9 heteroatoms. The van der Waals surface area contributed by atoms with Crippen molar-refractivity contribution in [1.29, 1.82) is 0 Å². The first-order valence-electron chi connectivity index (χ1n) is 8.57. The summed E-state index contributed by atoms with van der Waals surface area (Å²) in [5.74, 6) is 0.0345. The molecule has 1 aromatic heterocycles. The van der Waals surface area contributed by atoms with Crippen LogP contribution in [0.4, 0.5) is 5.69 Å². The molecule has 0 amide bonds. The van der Waals surface area contributed by atoms with Crippen molar-refractivity contribution in [3.8, 4) is 11.6 Å². The van der Waals surface area contributed by atoms with E-state index in [0.29, 0.717) is 22.0 Å². The number of esters is 1. The van der Waals surface area contributed by atoms with E-state index in [1.165, 1.54) is 48.7 Å². The van der Waals surface area contributed by atoms with Crippen molar-refractivity contribution in [2.45, 2.75) is 11.8 Å². The van der Waals surface area contributed by atoms with Gasteiger partial charge < -0.3 is 9.47 Å². The number of halogens is 1. The van der Waals surface area contributed by atoms with Gasteiger partial charge in [-0.1, -0.05) is 17.7 Å². The summed E-state index contributed by atoms with van der Waals surface area (Å²) in [6.45, 7) is 1.97. The van der Waals surface area contributed by atoms with Crippen LogP contribution in [-0.4, -0.2) is 26.0 Å². The number of carbonyl (C=O) groups is 1. The summed E-state index contributed by atoms with van der Waals surface area (Å²) in [5.41, 5.74) is 0.607. The zero-order valence-corrected chi connectivity index (χ0v) is 16.9. The molecule has 3 aromatic rings. The summed E-state index contributed by atoms with van der Waals surface area (Å²) in [6.07, 6.45) is 1.43. The number of pyridine rings is 1. The number of nitrogens with one attached hydrogen (secondary N) is 1. The van der Waals surface area contributed by atoms with Crippen molar-refractivity contribution in [3.63, 3.8) is 0 Å². The van der Waals surface area contributed by atoms with Gasteiger partial charge in [0.1, 0.15) is 5.75 Å². The van der Waals surface area contributed by atoms with Crippen LogP contribution in [-0.2, 0) is 14.8 Å². The minimum absolute atomic E-state index is 0.0806. The second-order valence-electron chi connectivity index (χ2n) is 5.79. The molecule has 0 aliphatic rings. The monoisotopic (exact) mass is 432 g/mol. The Labute approximate surface area is 173 Å². The van der Waals surface area contributed by atoms with Gasteiger partial charge in [0.25, 0.3) is 10.0 Å². The van der Waals surface area contributed by atoms with Crippen LogP contribution >= 0.6 is 11.6 Å². The SMILES string of the molecule is CCOC(=O)c1ccnc(Oc2cccc(NS(=O)(=O)c3ccc(Cl)cc3)c2)c1. The maximum atomic E-state index is 12.5. The molecule has 0 atom stereocenters. The van der Waals surface area contributed by atoms with E-state index >= 15 is 0 Å². The Bertz CT molecular complexity index is 1120. The smallest absolute Gasteiger partial charge is 0.338 e. The van der Waals surface area contributed by atoms with Gasteiger partial charge in [0, 0.05) is 23.4 Å². The molecule has 150 valence electrons. The van der Waals surface area contributed by atoms with E-state index < -0.39 is 16.0 Å². The fourth-order valence-electron chi connectivity index (χ4n) is 2.38. The second-order valence-corrected chi connectivity index (χ2v) is 7.91. The number of carbonyl (C=O) groups excluding carboxylic acids is 1. The molecular weight excluding hydrogens is 416 g/mol. The molecule has 0 aliphatic carbocycles. The van der Waals surface area contributed by atoms with E-state index in [4.69, 9.17) is 21.1 Å². The zero-order valence-electron chi connectivity index (χ0n) is 15.3. The molecule has 2 aromatic carbocycles. The van der Waals surface area contributed by atoms with Gasteiger partial charge in [-0.25, -0.2) is 18.2 Å². The van der Waals surface area contributed by atoms with Crippen LogP contribution in [0.3, 0.4) is 0 Å². The summed E-state index contributed by atoms with van der Waals surface area (Å²) >= 11 is 5.80. The van der Waals surface area contributed by atoms with E-state index in [1.807, 2.05) is 0 Å². The molecule has 3 rings (SSSR count). The van der Waals surface area contributed by atoms with Gasteiger partial charge in [0.2, 0.25) is 5.88 Å². The third-order valence-corrected chi connectivity index (χ3v) is 5.33. The van der Waals surface area contributed by atoms with Crippen molar-refractivity contribution >= 4 is 33.3 Å². The summed E-state index contributed by atoms with van der Waals surface area (Å²) < 4.78 is 38.1. The maximum absolute atomic E-state index is 12.5. The van der Waals surface area contributed by atoms with Crippen LogP contribution in [0.25, 0.3) is 0 Å². The van der Waals surface area contributed by atoms with Gasteiger partial charge in [0.05, 0.1) is 22.8 Å². The van der Waals surface area contributed by atoms with E-state index in [9.17, 15) is 13.2 Å². The maximum Gasteiger partial charge on any atom is 0.338 e. The first kappa shape index (κ1) is 20.6. The summed E-state index contributed by atoms with van der Waals surface area (Å²) in [6, 6.07) is 15.1. The molecule has 0 spiro atoms. The molecule has 0 radical (unpaired) electrons. The quantitative estimate of drug-likeness (QED) is 0.552. The number of hydrogen-bond donors (Lipinski definition) is 1. The standard InChI is InChI=1S/C20H17ClN2O5S/c1-2-27-20(24)14-10-11-22-19(12-14)28-17-5-3-4-16(13-17)23-29(25,26)18-8-6-15(21)7-9-18/h3-13,23H,2H2,1H3. The van der Waals surface area contributed by atoms with Crippen LogP contribution in [0, 0.1) is 0 Å². The highest BCUT2D eigenvalue weighted by atomic mass is 35.5. The van der Waals surface area contributed by atoms with Gasteiger partial charge in [-0.2, -0.15) is 0 Å². The Kier molecular flexibility index (Phi) is 6.36. The predicted octanol–water partition coefficient (Wildman–Crippen LogP) is 4.50. The number of benzene rings is 2. The number of sulfonamides is 1. The van der Waals surface area contributed by atoms with Crippen LogP contribution in [0.15, 0.2) is 71.8 Å². The van der Waals surface area contributed by atoms with Gasteiger partial charge in [-0.15, -0.1) is 0 Å². The lowest BCUT2D eigenvalue weighted by atomic mass is 10.2. The molecule has 29 heavy (non-hydrogen) atoms. The number of hydrogen-bond acceptors (Lipinski definition) is 6. The van der Waals surface area contributed by atoms with E-state index in [2.05, 4.69) is 9.71 Å². The topological polar surface area (TPSA) is 94.6 Å². The first-order valence-corrected chi connectivity index (χ1v) is 10.4. The molecule has 0 bridgehead atoms. The molecule has 1 N–H and O–H groups in total. The molecule has 0 saturated heterocycles. The largest absolute Gasteiger partial charge is 0.462 e. The van der Waals surface area contributed by atoms with Gasteiger partial charge in [-0.05, 0) is 49.4 Å². The Morgan fingerprint density at radius 3 is 2.59 bits per heavy atom. The lowest BCUT2D eigenvalue weighted by Gasteiger charge is -2.10. The minimum Gasteiger partial charge on any atom is -0.462 e. The molecular formula is C20H17ClN2O5S. The highest BCUT2D eigenvalue weighted by Crippen LogP contribution is 2.25. The highest BCUT2D eigenvalue weighted by molar-refractivity contribution is 7.92. The molecule has 0 aliphatic heterocycles. The fraction of sp³-hybridized carbons (Fsp3) is 0.100. The molecule has 0 saturated carbocycles. The predicted molar refractivity (Wildman–Crippen MR) is 109 cm³/mol. The average molecular weight is 433 g/mol. The number of rotatable bonds is 7. The number of anilines is 1. The van der Waals surface area contributed by atoms with Gasteiger partial charge in [-0.3, -0.25) is 4.72 Å². The lowest BCUT2D eigenvalue weighted by Crippen LogP contribution is -2.12. The van der Waals surface area contributed by atoms with Crippen molar-refractivity contribution in [2.24, 2.45) is 0 Å². The molecule has 0 fully saturated rings. The van der Waals surface area contributed by atoms with E-state index in [-0.39, 0.29) is 17.4 Å². The van der Waals surface area contributed by atoms with E-state index in [1.54, 1.807) is 25.1 Å². The van der Waals surface area contributed by atoms with E-state index in [0.717, 1.165) is 0 Å². The Hall–Kier alpha value is -3.10. The Morgan fingerprint density at radius 1 is 1.10 bits per heavy atom. The van der Waals surface area contributed by atoms with Crippen LogP contribution < -0.4 is 9.46 Å². The van der Waals surface area contributed by atoms with Crippen LogP contribution in [0.1, 0.15) is 17.3 Å². The molecule has 7 nitrogen and oxygen atoms in total. The minimum atomic E-state index is -3.78. The third-order valence-electron chi connectivity index (χ3n) is 3.68. The normalized spacial score (nSPS) is 11.0. The van der Waals surface area contributed by atoms with Gasteiger partial charge in [0.15, 0.2) is 0 Å². The summed E-state index contributed by atoms with van der Waals surface area (Å²) in [4.78, 5) is 16.0. The first-order chi connectivity index (χ1) is 13.9. The Morgan fingerprint density at radius 2 is 1.86 bits per heavy atom. The number of aromatic nitrogens is 1. The van der Waals surface area contributed by atoms with Crippen molar-refractivity contribution in [1.82, 2.24) is 4.98 Å². The van der Waals surface area contributed by atoms with Gasteiger partial charge >= 0.3 is 5.97 Å². The fourth-order valence-corrected chi connectivity index (χ4v) is 3.55. The number of ether oxygens (including phenoxy) is 2. The molecule has 1 heterocycles. The van der Waals surface area contributed by atoms with Crippen molar-refractivity contribution < 1.29 is 22.7 Å². The third kappa shape index (κ3) is 5.46. The molecule has 0 unspecified atom stereocenters. The van der Waals surface area contributed by atoms with Crippen LogP contribution in [0.5, 0.6) is 11.6 Å². The van der Waals surface area contributed by atoms with Crippen molar-refractivity contribution in [3.05, 3.63) is 77.4 Å². The highest BCUT2D eigenvalue weighted by Gasteiger charge is 2.15. The summed E-state index contributed by atoms with van der Waals surface area (Å²) in [7, 11) is -3.78. The van der Waals surface area contributed by atoms with Crippen LogP contribution in [0.2, 0.25) is 5.02 Å². The average Bonchev–Trinajstić information content (AvgIpc) is 2.69. The van der Waals surface area contributed by atoms with Crippen molar-refractivity contribution in [2.75, 3.05) is 11.3 Å². The second kappa shape index (κ2) is 8.93.